The van der Waals surface area contributed by atoms with Crippen LogP contribution in [0.2, 0.25) is 0 Å². The fourth-order valence-electron chi connectivity index (χ4n) is 1.86. The monoisotopic (exact) mass is 347 g/mol. The third-order valence-electron chi connectivity index (χ3n) is 2.74. The Labute approximate surface area is 113 Å². The van der Waals surface area contributed by atoms with Gasteiger partial charge in [-0.15, -0.1) is 0 Å². The van der Waals surface area contributed by atoms with E-state index in [4.69, 9.17) is 0 Å². The van der Waals surface area contributed by atoms with E-state index < -0.39 is 0 Å². The topological polar surface area (TPSA) is 37.0 Å². The van der Waals surface area contributed by atoms with Crippen molar-refractivity contribution in [1.29, 1.82) is 0 Å². The predicted octanol–water partition coefficient (Wildman–Crippen LogP) is 3.16. The Bertz CT molecular complexity index is 351. The molecule has 2 rings (SSSR count). The lowest BCUT2D eigenvalue weighted by molar-refractivity contribution is 0.414. The smallest absolute Gasteiger partial charge is 0.140 e. The number of nitrogens with one attached hydrogen (secondary N) is 2. The van der Waals surface area contributed by atoms with Gasteiger partial charge in [0, 0.05) is 23.3 Å². The van der Waals surface area contributed by atoms with E-state index in [0.717, 1.165) is 27.9 Å². The maximum Gasteiger partial charge on any atom is 0.140 e. The molecule has 1 fully saturated rings. The van der Waals surface area contributed by atoms with Gasteiger partial charge in [-0.3, -0.25) is 0 Å². The molecule has 1 aliphatic heterocycles. The third kappa shape index (κ3) is 3.43. The number of aromatic nitrogens is 1. The molecule has 3 nitrogen and oxygen atoms in total. The number of hydrogen-bond acceptors (Lipinski definition) is 3. The van der Waals surface area contributed by atoms with Crippen LogP contribution in [0.1, 0.15) is 19.3 Å². The summed E-state index contributed by atoms with van der Waals surface area (Å²) in [4.78, 5) is 4.33. The molecule has 1 atom stereocenters. The van der Waals surface area contributed by atoms with Crippen LogP contribution in [0.15, 0.2) is 21.2 Å². The Hall–Kier alpha value is -0.130. The first kappa shape index (κ1) is 12.3. The van der Waals surface area contributed by atoms with E-state index in [2.05, 4.69) is 47.5 Å². The maximum atomic E-state index is 4.33. The van der Waals surface area contributed by atoms with Crippen LogP contribution in [0.5, 0.6) is 0 Å². The highest BCUT2D eigenvalue weighted by molar-refractivity contribution is 9.11. The lowest BCUT2D eigenvalue weighted by Crippen LogP contribution is -2.39. The molecule has 0 bridgehead atoms. The van der Waals surface area contributed by atoms with Crippen LogP contribution in [-0.4, -0.2) is 24.1 Å². The molecule has 1 aliphatic rings. The number of hydrogen-bond donors (Lipinski definition) is 2. The zero-order valence-electron chi connectivity index (χ0n) is 8.97. The molecule has 1 aromatic heterocycles. The molecular formula is C11H15Br2N3. The van der Waals surface area contributed by atoms with Gasteiger partial charge in [0.25, 0.3) is 0 Å². The van der Waals surface area contributed by atoms with Crippen molar-refractivity contribution in [2.24, 2.45) is 0 Å². The zero-order chi connectivity index (χ0) is 11.4. The first-order chi connectivity index (χ1) is 7.75. The minimum absolute atomic E-state index is 0.575. The SMILES string of the molecule is Brc1cnc(NCC2CCCCN2)c(Br)c1. The highest BCUT2D eigenvalue weighted by Crippen LogP contribution is 2.23. The van der Waals surface area contributed by atoms with Gasteiger partial charge >= 0.3 is 0 Å². The number of piperidine rings is 1. The summed E-state index contributed by atoms with van der Waals surface area (Å²) < 4.78 is 1.98. The van der Waals surface area contributed by atoms with Crippen molar-refractivity contribution in [1.82, 2.24) is 10.3 Å². The van der Waals surface area contributed by atoms with Crippen molar-refractivity contribution >= 4 is 37.7 Å². The number of anilines is 1. The highest BCUT2D eigenvalue weighted by atomic mass is 79.9. The molecule has 16 heavy (non-hydrogen) atoms. The molecular weight excluding hydrogens is 334 g/mol. The van der Waals surface area contributed by atoms with Crippen molar-refractivity contribution in [2.45, 2.75) is 25.3 Å². The largest absolute Gasteiger partial charge is 0.368 e. The van der Waals surface area contributed by atoms with Crippen LogP contribution in [0.3, 0.4) is 0 Å². The first-order valence-corrected chi connectivity index (χ1v) is 7.12. The van der Waals surface area contributed by atoms with E-state index in [9.17, 15) is 0 Å². The summed E-state index contributed by atoms with van der Waals surface area (Å²) in [5, 5.41) is 6.87. The van der Waals surface area contributed by atoms with Crippen LogP contribution in [0.4, 0.5) is 5.82 Å². The van der Waals surface area contributed by atoms with Crippen molar-refractivity contribution in [3.8, 4) is 0 Å². The van der Waals surface area contributed by atoms with Crippen LogP contribution in [0.25, 0.3) is 0 Å². The summed E-state index contributed by atoms with van der Waals surface area (Å²) in [7, 11) is 0. The van der Waals surface area contributed by atoms with Gasteiger partial charge in [0.15, 0.2) is 0 Å². The van der Waals surface area contributed by atoms with Gasteiger partial charge in [-0.25, -0.2) is 4.98 Å². The van der Waals surface area contributed by atoms with Crippen LogP contribution >= 0.6 is 31.9 Å². The minimum Gasteiger partial charge on any atom is -0.368 e. The number of rotatable bonds is 3. The second-order valence-corrected chi connectivity index (χ2v) is 5.78. The van der Waals surface area contributed by atoms with Gasteiger partial charge < -0.3 is 10.6 Å². The Morgan fingerprint density at radius 3 is 3.00 bits per heavy atom. The Morgan fingerprint density at radius 1 is 1.44 bits per heavy atom. The van der Waals surface area contributed by atoms with E-state index in [1.165, 1.54) is 19.3 Å². The van der Waals surface area contributed by atoms with Crippen molar-refractivity contribution in [3.05, 3.63) is 21.2 Å². The molecule has 5 heteroatoms. The van der Waals surface area contributed by atoms with Crippen LogP contribution in [0, 0.1) is 0 Å². The molecule has 2 heterocycles. The average Bonchev–Trinajstić information content (AvgIpc) is 2.29. The summed E-state index contributed by atoms with van der Waals surface area (Å²) in [5.74, 6) is 0.913. The molecule has 0 aliphatic carbocycles. The maximum absolute atomic E-state index is 4.33. The molecule has 0 aromatic carbocycles. The summed E-state index contributed by atoms with van der Waals surface area (Å²) in [6.07, 6.45) is 5.69. The molecule has 1 unspecified atom stereocenters. The Kier molecular flexibility index (Phi) is 4.61. The van der Waals surface area contributed by atoms with Crippen molar-refractivity contribution in [2.75, 3.05) is 18.4 Å². The Balaban J connectivity index is 1.88. The highest BCUT2D eigenvalue weighted by Gasteiger charge is 2.12. The molecule has 0 amide bonds. The molecule has 1 saturated heterocycles. The molecule has 88 valence electrons. The molecule has 2 N–H and O–H groups in total. The Morgan fingerprint density at radius 2 is 2.31 bits per heavy atom. The lowest BCUT2D eigenvalue weighted by Gasteiger charge is -2.24. The van der Waals surface area contributed by atoms with Crippen LogP contribution in [-0.2, 0) is 0 Å². The quantitative estimate of drug-likeness (QED) is 0.880. The van der Waals surface area contributed by atoms with Gasteiger partial charge in [0.05, 0.1) is 4.47 Å². The van der Waals surface area contributed by atoms with Gasteiger partial charge in [-0.2, -0.15) is 0 Å². The van der Waals surface area contributed by atoms with E-state index in [1.807, 2.05) is 6.07 Å². The molecule has 0 saturated carbocycles. The van der Waals surface area contributed by atoms with Crippen molar-refractivity contribution in [3.63, 3.8) is 0 Å². The summed E-state index contributed by atoms with van der Waals surface area (Å²) in [6.45, 7) is 2.08. The van der Waals surface area contributed by atoms with Gasteiger partial charge in [-0.1, -0.05) is 6.42 Å². The lowest BCUT2D eigenvalue weighted by atomic mass is 10.1. The molecule has 0 radical (unpaired) electrons. The van der Waals surface area contributed by atoms with Gasteiger partial charge in [-0.05, 0) is 57.3 Å². The summed E-state index contributed by atoms with van der Waals surface area (Å²) in [6, 6.07) is 2.58. The number of nitrogens with zero attached hydrogens (tertiary/aromatic N) is 1. The average molecular weight is 349 g/mol. The zero-order valence-corrected chi connectivity index (χ0v) is 12.1. The third-order valence-corrected chi connectivity index (χ3v) is 3.77. The normalized spacial score (nSPS) is 20.8. The van der Waals surface area contributed by atoms with Gasteiger partial charge in [0.2, 0.25) is 0 Å². The second-order valence-electron chi connectivity index (χ2n) is 4.01. The minimum atomic E-state index is 0.575. The molecule has 1 aromatic rings. The van der Waals surface area contributed by atoms with E-state index >= 15 is 0 Å². The second kappa shape index (κ2) is 5.98. The van der Waals surface area contributed by atoms with E-state index in [-0.39, 0.29) is 0 Å². The first-order valence-electron chi connectivity index (χ1n) is 5.54. The summed E-state index contributed by atoms with van der Waals surface area (Å²) in [5.41, 5.74) is 0. The summed E-state index contributed by atoms with van der Waals surface area (Å²) >= 11 is 6.89. The van der Waals surface area contributed by atoms with Gasteiger partial charge in [0.1, 0.15) is 5.82 Å². The van der Waals surface area contributed by atoms with Crippen molar-refractivity contribution < 1.29 is 0 Å². The standard InChI is InChI=1S/C11H15Br2N3/c12-8-5-10(13)11(15-6-8)16-7-9-3-1-2-4-14-9/h5-6,9,14H,1-4,7H2,(H,15,16). The van der Waals surface area contributed by atoms with E-state index in [1.54, 1.807) is 6.20 Å². The molecule has 0 spiro atoms. The fraction of sp³-hybridized carbons (Fsp3) is 0.545. The number of pyridine rings is 1. The van der Waals surface area contributed by atoms with E-state index in [0.29, 0.717) is 6.04 Å². The fourth-order valence-corrected chi connectivity index (χ4v) is 2.99. The van der Waals surface area contributed by atoms with Crippen LogP contribution < -0.4 is 10.6 Å². The number of halogens is 2. The predicted molar refractivity (Wildman–Crippen MR) is 73.8 cm³/mol.